The van der Waals surface area contributed by atoms with Crippen molar-refractivity contribution in [2.24, 2.45) is 0 Å². The van der Waals surface area contributed by atoms with Crippen LogP contribution in [0.4, 0.5) is 5.69 Å². The molecular weight excluding hydrogens is 689 g/mol. The summed E-state index contributed by atoms with van der Waals surface area (Å²) in [5.41, 5.74) is 14.6. The Morgan fingerprint density at radius 3 is 2.32 bits per heavy atom. The minimum absolute atomic E-state index is 0.127. The van der Waals surface area contributed by atoms with Gasteiger partial charge in [-0.1, -0.05) is 189 Å². The summed E-state index contributed by atoms with van der Waals surface area (Å²) in [6.45, 7) is 4.01. The van der Waals surface area contributed by atoms with E-state index in [1.165, 1.54) is 50.1 Å². The van der Waals surface area contributed by atoms with Crippen molar-refractivity contribution >= 4 is 16.8 Å². The van der Waals surface area contributed by atoms with E-state index >= 15 is 0 Å². The van der Waals surface area contributed by atoms with Crippen LogP contribution in [0, 0.1) is 0 Å². The molecule has 1 fully saturated rings. The number of anilines is 1. The van der Waals surface area contributed by atoms with Gasteiger partial charge in [-0.25, -0.2) is 0 Å². The minimum Gasteiger partial charge on any atom is -0.341 e. The topological polar surface area (TPSA) is 15.3 Å². The van der Waals surface area contributed by atoms with Crippen molar-refractivity contribution in [1.82, 2.24) is 5.32 Å². The van der Waals surface area contributed by atoms with Crippen molar-refractivity contribution in [2.45, 2.75) is 42.3 Å². The average Bonchev–Trinajstić information content (AvgIpc) is 3.55. The maximum atomic E-state index is 4.31. The molecule has 5 aromatic rings. The number of rotatable bonds is 9. The summed E-state index contributed by atoms with van der Waals surface area (Å²) in [5.74, 6) is 0. The molecule has 5 aliphatic rings. The molecule has 1 saturated heterocycles. The first kappa shape index (κ1) is 35.0. The summed E-state index contributed by atoms with van der Waals surface area (Å²) in [6, 6.07) is 49.4. The van der Waals surface area contributed by atoms with E-state index in [9.17, 15) is 0 Å². The van der Waals surface area contributed by atoms with Gasteiger partial charge in [0.1, 0.15) is 0 Å². The second-order valence-corrected chi connectivity index (χ2v) is 15.8. The number of hydrogen-bond acceptors (Lipinski definition) is 2. The molecule has 2 heteroatoms. The number of nitrogens with zero attached hydrogens (tertiary/aromatic N) is 1. The number of fused-ring (bicyclic) bond motifs is 8. The van der Waals surface area contributed by atoms with Crippen LogP contribution < -0.4 is 10.2 Å². The molecular formula is C55H46N2. The van der Waals surface area contributed by atoms with Crippen molar-refractivity contribution in [3.05, 3.63) is 258 Å². The molecule has 4 bridgehead atoms. The predicted molar refractivity (Wildman–Crippen MR) is 240 cm³/mol. The van der Waals surface area contributed by atoms with Gasteiger partial charge in [0.25, 0.3) is 0 Å². The van der Waals surface area contributed by atoms with Crippen molar-refractivity contribution in [3.8, 4) is 11.1 Å². The van der Waals surface area contributed by atoms with E-state index in [0.717, 1.165) is 36.1 Å². The number of benzene rings is 5. The summed E-state index contributed by atoms with van der Waals surface area (Å²) in [6.07, 6.45) is 32.4. The van der Waals surface area contributed by atoms with E-state index in [1.807, 2.05) is 6.08 Å². The van der Waals surface area contributed by atoms with E-state index in [2.05, 4.69) is 223 Å². The van der Waals surface area contributed by atoms with Crippen LogP contribution in [0.5, 0.6) is 0 Å². The van der Waals surface area contributed by atoms with Gasteiger partial charge in [-0.2, -0.15) is 0 Å². The summed E-state index contributed by atoms with van der Waals surface area (Å²) < 4.78 is 0. The Hall–Kier alpha value is -6.48. The number of hydrogen-bond donors (Lipinski definition) is 1. The molecule has 0 spiro atoms. The fraction of sp³-hybridized carbons (Fsp3) is 0.127. The van der Waals surface area contributed by atoms with E-state index in [1.54, 1.807) is 0 Å². The summed E-state index contributed by atoms with van der Waals surface area (Å²) in [5, 5.41) is 4.31. The average molecular weight is 735 g/mol. The molecule has 0 amide bonds. The molecule has 1 aliphatic heterocycles. The summed E-state index contributed by atoms with van der Waals surface area (Å²) >= 11 is 0. The van der Waals surface area contributed by atoms with Crippen molar-refractivity contribution in [3.63, 3.8) is 0 Å². The molecule has 276 valence electrons. The highest BCUT2D eigenvalue weighted by Gasteiger charge is 2.59. The Balaban J connectivity index is 1.10. The third-order valence-corrected chi connectivity index (χ3v) is 12.6. The van der Waals surface area contributed by atoms with Crippen LogP contribution in [0.1, 0.15) is 47.1 Å². The summed E-state index contributed by atoms with van der Waals surface area (Å²) in [4.78, 5) is 2.41. The van der Waals surface area contributed by atoms with E-state index in [-0.39, 0.29) is 17.6 Å². The number of nitrogens with one attached hydrogen (secondary N) is 1. The van der Waals surface area contributed by atoms with E-state index in [4.69, 9.17) is 0 Å². The quantitative estimate of drug-likeness (QED) is 0.152. The highest BCUT2D eigenvalue weighted by atomic mass is 15.1. The summed E-state index contributed by atoms with van der Waals surface area (Å²) in [7, 11) is 0. The second kappa shape index (κ2) is 14.5. The Labute approximate surface area is 337 Å². The third kappa shape index (κ3) is 5.91. The van der Waals surface area contributed by atoms with Crippen LogP contribution in [-0.2, 0) is 5.41 Å². The molecule has 4 unspecified atom stereocenters. The molecule has 0 saturated carbocycles. The zero-order valence-corrected chi connectivity index (χ0v) is 32.1. The van der Waals surface area contributed by atoms with Crippen molar-refractivity contribution < 1.29 is 0 Å². The molecule has 1 heterocycles. The molecule has 5 aromatic carbocycles. The lowest BCUT2D eigenvalue weighted by molar-refractivity contribution is 0.283. The van der Waals surface area contributed by atoms with Crippen LogP contribution in [0.3, 0.4) is 0 Å². The molecule has 0 radical (unpaired) electrons. The zero-order chi connectivity index (χ0) is 38.2. The molecule has 4 aliphatic carbocycles. The van der Waals surface area contributed by atoms with Gasteiger partial charge >= 0.3 is 0 Å². The van der Waals surface area contributed by atoms with Gasteiger partial charge in [-0.05, 0) is 105 Å². The Morgan fingerprint density at radius 2 is 1.49 bits per heavy atom. The maximum absolute atomic E-state index is 4.31. The smallest absolute Gasteiger partial charge is 0.0684 e. The van der Waals surface area contributed by atoms with Gasteiger partial charge in [-0.3, -0.25) is 5.32 Å². The second-order valence-electron chi connectivity index (χ2n) is 15.8. The largest absolute Gasteiger partial charge is 0.341 e. The first-order chi connectivity index (χ1) is 28.2. The molecule has 2 nitrogen and oxygen atoms in total. The highest BCUT2D eigenvalue weighted by molar-refractivity contribution is 5.89. The standard InChI is InChI=1S/C55H46N2/c1-2-17-40(41-18-6-3-7-19-41)33-35-57(48-26-10-5-11-27-48)49-28-15-21-43(37-49)44-31-32-53-51(38-44)50-29-12-13-30-52(50)55(53,46-23-8-4-9-24-46)54-34-16-22-45(39-54)42-20-14-25-47(36-42)56-54/h2-27,29-35,37-38,47,49,56H,1,28,36,39H2/b35-33-,40-17+. The van der Waals surface area contributed by atoms with Gasteiger partial charge in [0, 0.05) is 17.9 Å². The lowest BCUT2D eigenvalue weighted by atomic mass is 9.57. The van der Waals surface area contributed by atoms with Crippen LogP contribution in [0.2, 0.25) is 0 Å². The fourth-order valence-electron chi connectivity index (χ4n) is 10.2. The molecule has 10 rings (SSSR count). The maximum Gasteiger partial charge on any atom is 0.0684 e. The first-order valence-corrected chi connectivity index (χ1v) is 20.3. The van der Waals surface area contributed by atoms with Gasteiger partial charge in [-0.15, -0.1) is 0 Å². The number of para-hydroxylation sites is 1. The molecule has 1 N–H and O–H groups in total. The van der Waals surface area contributed by atoms with Gasteiger partial charge in [0.15, 0.2) is 0 Å². The fourth-order valence-corrected chi connectivity index (χ4v) is 10.2. The van der Waals surface area contributed by atoms with Gasteiger partial charge in [0.2, 0.25) is 0 Å². The molecule has 57 heavy (non-hydrogen) atoms. The minimum atomic E-state index is -0.454. The molecule has 0 aromatic heterocycles. The lowest BCUT2D eigenvalue weighted by Crippen LogP contribution is -2.62. The highest BCUT2D eigenvalue weighted by Crippen LogP contribution is 2.61. The van der Waals surface area contributed by atoms with Crippen LogP contribution in [0.25, 0.3) is 22.3 Å². The normalized spacial score (nSPS) is 24.2. The van der Waals surface area contributed by atoms with Gasteiger partial charge in [0.05, 0.1) is 17.0 Å². The van der Waals surface area contributed by atoms with Crippen LogP contribution in [0.15, 0.2) is 230 Å². The SMILES string of the molecule is C=C/C=C(\C=C/N(c1ccccc1)C1C=C(c2ccc3c(c2)-c2ccccc2C3(c2ccccc2)C23C=CC=C(C2)C2=CC=CC(C2)N3)C=CC1)c1ccccc1. The van der Waals surface area contributed by atoms with Crippen LogP contribution >= 0.6 is 0 Å². The Kier molecular flexibility index (Phi) is 8.92. The predicted octanol–water partition coefficient (Wildman–Crippen LogP) is 12.5. The van der Waals surface area contributed by atoms with E-state index < -0.39 is 5.41 Å². The zero-order valence-electron chi connectivity index (χ0n) is 32.1. The molecule has 4 atom stereocenters. The van der Waals surface area contributed by atoms with E-state index in [0.29, 0.717) is 0 Å². The Bertz CT molecular complexity index is 2600. The number of allylic oxidation sites excluding steroid dienone is 10. The lowest BCUT2D eigenvalue weighted by Gasteiger charge is -2.51. The first-order valence-electron chi connectivity index (χ1n) is 20.3. The monoisotopic (exact) mass is 734 g/mol. The Morgan fingerprint density at radius 1 is 0.754 bits per heavy atom. The van der Waals surface area contributed by atoms with Gasteiger partial charge < -0.3 is 4.90 Å². The van der Waals surface area contributed by atoms with Crippen LogP contribution in [-0.4, -0.2) is 17.6 Å². The third-order valence-electron chi connectivity index (χ3n) is 12.6. The van der Waals surface area contributed by atoms with Crippen molar-refractivity contribution in [1.29, 1.82) is 0 Å². The van der Waals surface area contributed by atoms with Crippen molar-refractivity contribution in [2.75, 3.05) is 4.90 Å².